The number of aromatic amines is 1. The lowest BCUT2D eigenvalue weighted by Gasteiger charge is -2.02. The van der Waals surface area contributed by atoms with Gasteiger partial charge in [0.15, 0.2) is 5.82 Å². The third kappa shape index (κ3) is 2.58. The topological polar surface area (TPSA) is 89.8 Å². The van der Waals surface area contributed by atoms with Crippen LogP contribution in [0.2, 0.25) is 0 Å². The fourth-order valence-electron chi connectivity index (χ4n) is 2.10. The Morgan fingerprint density at radius 2 is 1.91 bits per heavy atom. The molecule has 0 fully saturated rings. The van der Waals surface area contributed by atoms with E-state index >= 15 is 0 Å². The van der Waals surface area contributed by atoms with Crippen LogP contribution in [0.15, 0.2) is 53.3 Å². The number of rotatable bonds is 2. The molecule has 2 N–H and O–H groups in total. The Morgan fingerprint density at radius 1 is 1.18 bits per heavy atom. The van der Waals surface area contributed by atoms with E-state index in [2.05, 4.69) is 9.97 Å². The molecule has 22 heavy (non-hydrogen) atoms. The van der Waals surface area contributed by atoms with Gasteiger partial charge in [-0.05, 0) is 35.9 Å². The van der Waals surface area contributed by atoms with Gasteiger partial charge in [0.25, 0.3) is 5.56 Å². The maximum atomic E-state index is 12.1. The van der Waals surface area contributed by atoms with Crippen LogP contribution in [0.4, 0.5) is 0 Å². The monoisotopic (exact) mass is 289 g/mol. The molecule has 0 aliphatic carbocycles. The summed E-state index contributed by atoms with van der Waals surface area (Å²) in [5.74, 6) is 0.368. The van der Waals surface area contributed by atoms with Gasteiger partial charge in [0.05, 0.1) is 16.5 Å². The van der Waals surface area contributed by atoms with E-state index in [9.17, 15) is 15.2 Å². The highest BCUT2D eigenvalue weighted by molar-refractivity contribution is 5.89. The summed E-state index contributed by atoms with van der Waals surface area (Å²) in [6, 6.07) is 15.4. The number of aromatic nitrogens is 2. The Labute approximate surface area is 125 Å². The predicted octanol–water partition coefficient (Wildman–Crippen LogP) is 2.69. The molecule has 0 amide bonds. The number of phenolic OH excluding ortho intramolecular Hbond substituents is 1. The number of fused-ring (bicyclic) bond motifs is 1. The Bertz CT molecular complexity index is 964. The molecule has 0 saturated heterocycles. The lowest BCUT2D eigenvalue weighted by Crippen LogP contribution is -2.11. The normalized spacial score (nSPS) is 11.3. The Morgan fingerprint density at radius 3 is 2.64 bits per heavy atom. The van der Waals surface area contributed by atoms with E-state index < -0.39 is 0 Å². The van der Waals surface area contributed by atoms with Gasteiger partial charge >= 0.3 is 0 Å². The molecule has 2 aromatic carbocycles. The number of phenols is 1. The summed E-state index contributed by atoms with van der Waals surface area (Å²) in [5, 5.41) is 19.1. The predicted molar refractivity (Wildman–Crippen MR) is 84.0 cm³/mol. The summed E-state index contributed by atoms with van der Waals surface area (Å²) in [7, 11) is 0. The molecular weight excluding hydrogens is 278 g/mol. The molecule has 1 heterocycles. The number of allylic oxidation sites excluding steroid dienone is 1. The van der Waals surface area contributed by atoms with Crippen LogP contribution in [-0.2, 0) is 0 Å². The van der Waals surface area contributed by atoms with Gasteiger partial charge in [-0.1, -0.05) is 24.3 Å². The molecule has 3 rings (SSSR count). The molecule has 1 aromatic heterocycles. The summed E-state index contributed by atoms with van der Waals surface area (Å²) < 4.78 is 0. The van der Waals surface area contributed by atoms with E-state index in [1.807, 2.05) is 6.07 Å². The number of para-hydroxylation sites is 1. The van der Waals surface area contributed by atoms with E-state index in [0.29, 0.717) is 10.9 Å². The molecule has 0 spiro atoms. The third-order valence-electron chi connectivity index (χ3n) is 3.19. The fraction of sp³-hybridized carbons (Fsp3) is 0. The summed E-state index contributed by atoms with van der Waals surface area (Å²) in [5.41, 5.74) is 1.22. The Balaban J connectivity index is 2.13. The van der Waals surface area contributed by atoms with Gasteiger partial charge in [0, 0.05) is 0 Å². The van der Waals surface area contributed by atoms with E-state index in [-0.39, 0.29) is 22.7 Å². The quantitative estimate of drug-likeness (QED) is 0.710. The standard InChI is InChI=1S/C17H11N3O2/c18-10-12(9-11-5-7-13(21)8-6-11)16-19-15-4-2-1-3-14(15)17(22)20-16/h1-9,21H,(H,19,20,22)/b12-9-. The minimum Gasteiger partial charge on any atom is -0.508 e. The van der Waals surface area contributed by atoms with Crippen LogP contribution in [0.1, 0.15) is 11.4 Å². The maximum absolute atomic E-state index is 12.1. The number of nitriles is 1. The number of H-pyrrole nitrogens is 1. The maximum Gasteiger partial charge on any atom is 0.259 e. The molecule has 0 saturated carbocycles. The van der Waals surface area contributed by atoms with E-state index in [1.54, 1.807) is 42.5 Å². The number of hydrogen-bond donors (Lipinski definition) is 2. The SMILES string of the molecule is N#C/C(=C/c1ccc(O)cc1)c1nc2ccccc2c(=O)[nH]1. The zero-order chi connectivity index (χ0) is 15.5. The van der Waals surface area contributed by atoms with Crippen molar-refractivity contribution >= 4 is 22.6 Å². The highest BCUT2D eigenvalue weighted by Gasteiger charge is 2.08. The first-order valence-corrected chi connectivity index (χ1v) is 6.57. The van der Waals surface area contributed by atoms with E-state index in [1.165, 1.54) is 12.1 Å². The molecule has 5 nitrogen and oxygen atoms in total. The number of aromatic hydroxyl groups is 1. The molecular formula is C17H11N3O2. The van der Waals surface area contributed by atoms with Crippen molar-refractivity contribution in [1.82, 2.24) is 9.97 Å². The zero-order valence-corrected chi connectivity index (χ0v) is 11.4. The first-order chi connectivity index (χ1) is 10.7. The van der Waals surface area contributed by atoms with Crippen molar-refractivity contribution in [3.8, 4) is 11.8 Å². The minimum absolute atomic E-state index is 0.146. The van der Waals surface area contributed by atoms with Crippen molar-refractivity contribution in [2.24, 2.45) is 0 Å². The molecule has 0 radical (unpaired) electrons. The van der Waals surface area contributed by atoms with Crippen molar-refractivity contribution in [2.45, 2.75) is 0 Å². The van der Waals surface area contributed by atoms with Crippen LogP contribution in [0.3, 0.4) is 0 Å². The Kier molecular flexibility index (Phi) is 3.42. The van der Waals surface area contributed by atoms with Crippen molar-refractivity contribution < 1.29 is 5.11 Å². The minimum atomic E-state index is -0.285. The summed E-state index contributed by atoms with van der Waals surface area (Å²) in [6.07, 6.45) is 1.60. The lowest BCUT2D eigenvalue weighted by atomic mass is 10.1. The number of nitrogens with one attached hydrogen (secondary N) is 1. The van der Waals surface area contributed by atoms with Crippen LogP contribution >= 0.6 is 0 Å². The second kappa shape index (κ2) is 5.54. The van der Waals surface area contributed by atoms with Gasteiger partial charge in [-0.15, -0.1) is 0 Å². The van der Waals surface area contributed by atoms with E-state index in [4.69, 9.17) is 0 Å². The number of hydrogen-bond acceptors (Lipinski definition) is 4. The molecule has 0 unspecified atom stereocenters. The molecule has 5 heteroatoms. The van der Waals surface area contributed by atoms with Gasteiger partial charge < -0.3 is 10.1 Å². The van der Waals surface area contributed by atoms with Crippen LogP contribution in [0.25, 0.3) is 22.6 Å². The summed E-state index contributed by atoms with van der Waals surface area (Å²) in [6.45, 7) is 0. The molecule has 0 atom stereocenters. The molecule has 3 aromatic rings. The summed E-state index contributed by atoms with van der Waals surface area (Å²) in [4.78, 5) is 19.0. The summed E-state index contributed by atoms with van der Waals surface area (Å²) >= 11 is 0. The van der Waals surface area contributed by atoms with Crippen LogP contribution < -0.4 is 5.56 Å². The first-order valence-electron chi connectivity index (χ1n) is 6.57. The van der Waals surface area contributed by atoms with Gasteiger partial charge in [0.2, 0.25) is 0 Å². The van der Waals surface area contributed by atoms with Crippen LogP contribution in [0.5, 0.6) is 5.75 Å². The van der Waals surface area contributed by atoms with Crippen molar-refractivity contribution in [2.75, 3.05) is 0 Å². The van der Waals surface area contributed by atoms with Gasteiger partial charge in [-0.2, -0.15) is 5.26 Å². The highest BCUT2D eigenvalue weighted by Crippen LogP contribution is 2.17. The molecule has 0 aliphatic heterocycles. The smallest absolute Gasteiger partial charge is 0.259 e. The third-order valence-corrected chi connectivity index (χ3v) is 3.19. The van der Waals surface area contributed by atoms with E-state index in [0.717, 1.165) is 5.56 Å². The Hall–Kier alpha value is -3.39. The van der Waals surface area contributed by atoms with Gasteiger partial charge in [-0.3, -0.25) is 4.79 Å². The molecule has 106 valence electrons. The zero-order valence-electron chi connectivity index (χ0n) is 11.4. The fourth-order valence-corrected chi connectivity index (χ4v) is 2.10. The largest absolute Gasteiger partial charge is 0.508 e. The van der Waals surface area contributed by atoms with Crippen molar-refractivity contribution in [1.29, 1.82) is 5.26 Å². The molecule has 0 bridgehead atoms. The average molecular weight is 289 g/mol. The van der Waals surface area contributed by atoms with Crippen LogP contribution in [0, 0.1) is 11.3 Å². The number of benzene rings is 2. The molecule has 0 aliphatic rings. The van der Waals surface area contributed by atoms with Crippen LogP contribution in [-0.4, -0.2) is 15.1 Å². The average Bonchev–Trinajstić information content (AvgIpc) is 2.54. The second-order valence-corrected chi connectivity index (χ2v) is 4.69. The van der Waals surface area contributed by atoms with Gasteiger partial charge in [0.1, 0.15) is 11.8 Å². The van der Waals surface area contributed by atoms with Crippen molar-refractivity contribution in [3.63, 3.8) is 0 Å². The second-order valence-electron chi connectivity index (χ2n) is 4.69. The van der Waals surface area contributed by atoms with Gasteiger partial charge in [-0.25, -0.2) is 4.98 Å². The van der Waals surface area contributed by atoms with Crippen molar-refractivity contribution in [3.05, 3.63) is 70.3 Å². The highest BCUT2D eigenvalue weighted by atomic mass is 16.3. The first kappa shape index (κ1) is 13.6. The lowest BCUT2D eigenvalue weighted by molar-refractivity contribution is 0.475. The number of nitrogens with zero attached hydrogens (tertiary/aromatic N) is 2.